The fourth-order valence-electron chi connectivity index (χ4n) is 4.05. The van der Waals surface area contributed by atoms with Crippen LogP contribution in [0, 0.1) is 5.92 Å². The Morgan fingerprint density at radius 2 is 1.72 bits per heavy atom. The Hall–Kier alpha value is -1.97. The van der Waals surface area contributed by atoms with E-state index in [0.717, 1.165) is 12.8 Å². The molecule has 0 saturated carbocycles. The van der Waals surface area contributed by atoms with Gasteiger partial charge >= 0.3 is 0 Å². The van der Waals surface area contributed by atoms with E-state index in [0.29, 0.717) is 32.2 Å². The molecule has 1 aromatic rings. The largest absolute Gasteiger partial charge is 0.341 e. The molecule has 0 aromatic heterocycles. The predicted molar refractivity (Wildman–Crippen MR) is 126 cm³/mol. The fourth-order valence-corrected chi connectivity index (χ4v) is 5.55. The summed E-state index contributed by atoms with van der Waals surface area (Å²) in [7, 11) is 0.425. The van der Waals surface area contributed by atoms with Crippen LogP contribution in [0.5, 0.6) is 0 Å². The molecule has 1 atom stereocenters. The maximum atomic E-state index is 13.2. The molecule has 1 aromatic carbocycles. The molecule has 1 unspecified atom stereocenters. The molecule has 0 radical (unpaired) electrons. The third kappa shape index (κ3) is 6.08. The van der Waals surface area contributed by atoms with Crippen molar-refractivity contribution < 1.29 is 18.0 Å². The Bertz CT molecular complexity index is 889. The Labute approximate surface area is 193 Å². The summed E-state index contributed by atoms with van der Waals surface area (Å²) in [4.78, 5) is 30.2. The molecule has 2 amide bonds. The average Bonchev–Trinajstić information content (AvgIpc) is 2.77. The summed E-state index contributed by atoms with van der Waals surface area (Å²) in [6.07, 6.45) is 1.81. The highest BCUT2D eigenvalue weighted by molar-refractivity contribution is 7.89. The number of carbonyl (C=O) groups excluding carboxylic acids is 2. The number of carbonyl (C=O) groups is 2. The van der Waals surface area contributed by atoms with Crippen molar-refractivity contribution in [2.24, 2.45) is 5.92 Å². The van der Waals surface area contributed by atoms with Crippen LogP contribution in [0.4, 0.5) is 0 Å². The summed E-state index contributed by atoms with van der Waals surface area (Å²) in [5, 5.41) is 2.85. The molecule has 0 spiro atoms. The molecule has 1 fully saturated rings. The summed E-state index contributed by atoms with van der Waals surface area (Å²) in [5.41, 5.74) is 0.225. The van der Waals surface area contributed by atoms with Crippen LogP contribution in [-0.4, -0.2) is 86.7 Å². The Morgan fingerprint density at radius 1 is 1.12 bits per heavy atom. The summed E-state index contributed by atoms with van der Waals surface area (Å²) in [6.45, 7) is 9.38. The third-order valence-electron chi connectivity index (χ3n) is 6.17. The van der Waals surface area contributed by atoms with Crippen molar-refractivity contribution in [1.82, 2.24) is 19.4 Å². The zero-order valence-electron chi connectivity index (χ0n) is 20.2. The van der Waals surface area contributed by atoms with Crippen LogP contribution in [0.3, 0.4) is 0 Å². The van der Waals surface area contributed by atoms with Gasteiger partial charge in [0, 0.05) is 37.8 Å². The Morgan fingerprint density at radius 3 is 2.22 bits per heavy atom. The Kier molecular flexibility index (Phi) is 9.24. The molecule has 1 saturated heterocycles. The second-order valence-electron chi connectivity index (χ2n) is 8.83. The number of hydrogen-bond donors (Lipinski definition) is 1. The molecule has 32 heavy (non-hydrogen) atoms. The van der Waals surface area contributed by atoms with Crippen molar-refractivity contribution in [3.63, 3.8) is 0 Å². The fraction of sp³-hybridized carbons (Fsp3) is 0.652. The highest BCUT2D eigenvalue weighted by Gasteiger charge is 2.32. The van der Waals surface area contributed by atoms with Crippen molar-refractivity contribution in [3.05, 3.63) is 29.8 Å². The van der Waals surface area contributed by atoms with Gasteiger partial charge in [0.15, 0.2) is 0 Å². The minimum Gasteiger partial charge on any atom is -0.341 e. The molecular formula is C23H38N4O4S. The highest BCUT2D eigenvalue weighted by atomic mass is 32.2. The maximum absolute atomic E-state index is 13.2. The van der Waals surface area contributed by atoms with Crippen LogP contribution in [0.1, 0.15) is 50.9 Å². The highest BCUT2D eigenvalue weighted by Crippen LogP contribution is 2.19. The maximum Gasteiger partial charge on any atom is 0.251 e. The molecule has 9 heteroatoms. The monoisotopic (exact) mass is 466 g/mol. The van der Waals surface area contributed by atoms with Gasteiger partial charge in [0.2, 0.25) is 15.9 Å². The second kappa shape index (κ2) is 11.2. The first-order valence-electron chi connectivity index (χ1n) is 11.4. The van der Waals surface area contributed by atoms with Gasteiger partial charge in [-0.25, -0.2) is 8.42 Å². The lowest BCUT2D eigenvalue weighted by atomic mass is 9.98. The van der Waals surface area contributed by atoms with Crippen LogP contribution in [-0.2, 0) is 14.8 Å². The zero-order valence-corrected chi connectivity index (χ0v) is 21.0. The first-order valence-corrected chi connectivity index (χ1v) is 12.8. The van der Waals surface area contributed by atoms with E-state index in [9.17, 15) is 18.0 Å². The number of piperidine rings is 1. The number of amides is 2. The van der Waals surface area contributed by atoms with Crippen molar-refractivity contribution in [1.29, 1.82) is 0 Å². The van der Waals surface area contributed by atoms with Gasteiger partial charge in [0.1, 0.15) is 6.04 Å². The van der Waals surface area contributed by atoms with Crippen LogP contribution < -0.4 is 5.32 Å². The van der Waals surface area contributed by atoms with Crippen LogP contribution in [0.25, 0.3) is 0 Å². The van der Waals surface area contributed by atoms with E-state index in [2.05, 4.69) is 10.2 Å². The number of likely N-dealkylation sites (tertiary alicyclic amines) is 1. The molecule has 0 bridgehead atoms. The smallest absolute Gasteiger partial charge is 0.251 e. The van der Waals surface area contributed by atoms with Gasteiger partial charge in [0.05, 0.1) is 4.90 Å². The zero-order chi connectivity index (χ0) is 24.1. The van der Waals surface area contributed by atoms with Crippen molar-refractivity contribution >= 4 is 21.8 Å². The van der Waals surface area contributed by atoms with Gasteiger partial charge in [-0.05, 0) is 51.1 Å². The molecule has 8 nitrogen and oxygen atoms in total. The Balaban J connectivity index is 2.16. The number of hydrogen-bond acceptors (Lipinski definition) is 5. The predicted octanol–water partition coefficient (Wildman–Crippen LogP) is 2.02. The third-order valence-corrected chi connectivity index (χ3v) is 8.21. The van der Waals surface area contributed by atoms with E-state index < -0.39 is 22.0 Å². The normalized spacial score (nSPS) is 16.6. The van der Waals surface area contributed by atoms with Crippen LogP contribution in [0.2, 0.25) is 0 Å². The van der Waals surface area contributed by atoms with Gasteiger partial charge in [-0.1, -0.05) is 33.8 Å². The van der Waals surface area contributed by atoms with E-state index in [1.54, 1.807) is 26.0 Å². The van der Waals surface area contributed by atoms with Crippen molar-refractivity contribution in [2.75, 3.05) is 40.3 Å². The molecule has 1 heterocycles. The van der Waals surface area contributed by atoms with E-state index >= 15 is 0 Å². The molecule has 1 N–H and O–H groups in total. The number of nitrogens with zero attached hydrogens (tertiary/aromatic N) is 3. The van der Waals surface area contributed by atoms with Crippen LogP contribution >= 0.6 is 0 Å². The molecule has 1 aliphatic heterocycles. The van der Waals surface area contributed by atoms with Gasteiger partial charge in [-0.2, -0.15) is 4.31 Å². The summed E-state index contributed by atoms with van der Waals surface area (Å²) in [5.74, 6) is -0.630. The van der Waals surface area contributed by atoms with Gasteiger partial charge in [0.25, 0.3) is 5.91 Å². The molecule has 0 aliphatic carbocycles. The van der Waals surface area contributed by atoms with Crippen molar-refractivity contribution in [3.8, 4) is 0 Å². The standard InChI is InChI=1S/C23H38N4O4S/c1-7-27(8-2)32(30,31)20-11-9-10-18(16-20)22(28)24-21(17(3)4)23(29)26-14-12-19(13-15-26)25(5)6/h9-11,16-17,19,21H,7-8,12-15H2,1-6H3,(H,24,28). The first-order chi connectivity index (χ1) is 15.0. The summed E-state index contributed by atoms with van der Waals surface area (Å²) in [6, 6.07) is 5.80. The SMILES string of the molecule is CCN(CC)S(=O)(=O)c1cccc(C(=O)NC(C(=O)N2CCC(N(C)C)CC2)C(C)C)c1. The van der Waals surface area contributed by atoms with E-state index in [1.165, 1.54) is 16.4 Å². The number of nitrogens with one attached hydrogen (secondary N) is 1. The number of rotatable bonds is 9. The number of benzene rings is 1. The lowest BCUT2D eigenvalue weighted by Gasteiger charge is -2.37. The van der Waals surface area contributed by atoms with Gasteiger partial charge in [-0.3, -0.25) is 9.59 Å². The first kappa shape index (κ1) is 26.3. The minimum absolute atomic E-state index is 0.0760. The van der Waals surface area contributed by atoms with Crippen LogP contribution in [0.15, 0.2) is 29.2 Å². The topological polar surface area (TPSA) is 90.0 Å². The van der Waals surface area contributed by atoms with Gasteiger partial charge < -0.3 is 15.1 Å². The lowest BCUT2D eigenvalue weighted by molar-refractivity contribution is -0.135. The molecule has 2 rings (SSSR count). The minimum atomic E-state index is -3.67. The summed E-state index contributed by atoms with van der Waals surface area (Å²) < 4.78 is 27.0. The lowest BCUT2D eigenvalue weighted by Crippen LogP contribution is -2.54. The van der Waals surface area contributed by atoms with E-state index in [1.807, 2.05) is 32.8 Å². The van der Waals surface area contributed by atoms with Gasteiger partial charge in [-0.15, -0.1) is 0 Å². The second-order valence-corrected chi connectivity index (χ2v) is 10.8. The number of sulfonamides is 1. The molecular weight excluding hydrogens is 428 g/mol. The van der Waals surface area contributed by atoms with E-state index in [4.69, 9.17) is 0 Å². The van der Waals surface area contributed by atoms with E-state index in [-0.39, 0.29) is 22.3 Å². The van der Waals surface area contributed by atoms with Crippen molar-refractivity contribution in [2.45, 2.75) is 57.5 Å². The molecule has 180 valence electrons. The average molecular weight is 467 g/mol. The summed E-state index contributed by atoms with van der Waals surface area (Å²) >= 11 is 0. The quantitative estimate of drug-likeness (QED) is 0.601. The molecule has 1 aliphatic rings.